The van der Waals surface area contributed by atoms with Crippen molar-refractivity contribution in [2.75, 3.05) is 12.3 Å². The van der Waals surface area contributed by atoms with E-state index in [1.165, 1.54) is 10.4 Å². The van der Waals surface area contributed by atoms with E-state index in [1.54, 1.807) is 11.7 Å². The van der Waals surface area contributed by atoms with Crippen molar-refractivity contribution in [3.63, 3.8) is 0 Å². The van der Waals surface area contributed by atoms with Crippen molar-refractivity contribution in [1.82, 2.24) is 19.1 Å². The van der Waals surface area contributed by atoms with Crippen LogP contribution in [0, 0.1) is 0 Å². The summed E-state index contributed by atoms with van der Waals surface area (Å²) in [5.41, 5.74) is 6.04. The molecule has 0 radical (unpaired) electrons. The lowest BCUT2D eigenvalue weighted by Crippen LogP contribution is -2.37. The van der Waals surface area contributed by atoms with Crippen molar-refractivity contribution < 1.29 is 8.42 Å². The highest BCUT2D eigenvalue weighted by Gasteiger charge is 2.30. The van der Waals surface area contributed by atoms with Gasteiger partial charge in [-0.25, -0.2) is 8.42 Å². The number of nitrogens with two attached hydrogens (primary N) is 1. The average molecular weight is 285 g/mol. The minimum Gasteiger partial charge on any atom is -0.398 e. The molecule has 2 N–H and O–H groups in total. The molecule has 7 nitrogen and oxygen atoms in total. The third kappa shape index (κ3) is 1.80. The molecule has 0 unspecified atom stereocenters. The van der Waals surface area contributed by atoms with Gasteiger partial charge in [0.1, 0.15) is 16.4 Å². The van der Waals surface area contributed by atoms with E-state index in [0.29, 0.717) is 24.6 Å². The second-order valence-corrected chi connectivity index (χ2v) is 7.05. The van der Waals surface area contributed by atoms with Crippen LogP contribution in [0.15, 0.2) is 22.0 Å². The summed E-state index contributed by atoms with van der Waals surface area (Å²) < 4.78 is 28.2. The van der Waals surface area contributed by atoms with Gasteiger partial charge in [0, 0.05) is 24.2 Å². The molecule has 96 valence electrons. The fraction of sp³-hybridized carbons (Fsp3) is 0.333. The summed E-state index contributed by atoms with van der Waals surface area (Å²) in [5.74, 6) is 0.661. The summed E-state index contributed by atoms with van der Waals surface area (Å²) in [6.45, 7) is 1.24. The summed E-state index contributed by atoms with van der Waals surface area (Å²) in [7, 11) is -3.47. The largest absolute Gasteiger partial charge is 0.398 e. The molecule has 0 saturated carbocycles. The lowest BCUT2D eigenvalue weighted by molar-refractivity contribution is 0.336. The highest BCUT2D eigenvalue weighted by molar-refractivity contribution is 7.91. The number of nitrogen functional groups attached to an aromatic ring is 1. The first kappa shape index (κ1) is 11.6. The van der Waals surface area contributed by atoms with E-state index in [-0.39, 0.29) is 10.8 Å². The van der Waals surface area contributed by atoms with Gasteiger partial charge in [-0.3, -0.25) is 0 Å². The number of fused-ring (bicyclic) bond motifs is 1. The van der Waals surface area contributed by atoms with Gasteiger partial charge in [0.05, 0.1) is 6.54 Å². The van der Waals surface area contributed by atoms with Crippen molar-refractivity contribution in [2.24, 2.45) is 0 Å². The fourth-order valence-corrected chi connectivity index (χ4v) is 4.46. The Balaban J connectivity index is 1.92. The Morgan fingerprint density at radius 3 is 2.94 bits per heavy atom. The standard InChI is InChI=1S/C9H11N5O2S2/c10-7-3-9(17-5-7)18(15,16)14-2-1-13-6-11-12-8(13)4-14/h3,5-6H,1-2,4,10H2. The molecule has 18 heavy (non-hydrogen) atoms. The van der Waals surface area contributed by atoms with Crippen molar-refractivity contribution in [1.29, 1.82) is 0 Å². The van der Waals surface area contributed by atoms with E-state index in [4.69, 9.17) is 5.73 Å². The van der Waals surface area contributed by atoms with Gasteiger partial charge in [0.25, 0.3) is 10.0 Å². The predicted molar refractivity (Wildman–Crippen MR) is 66.3 cm³/mol. The Labute approximate surface area is 108 Å². The van der Waals surface area contributed by atoms with Crippen LogP contribution in [0.2, 0.25) is 0 Å². The Morgan fingerprint density at radius 2 is 2.22 bits per heavy atom. The van der Waals surface area contributed by atoms with Gasteiger partial charge in [-0.1, -0.05) is 0 Å². The third-order valence-corrected chi connectivity index (χ3v) is 6.07. The Kier molecular flexibility index (Phi) is 2.61. The van der Waals surface area contributed by atoms with Gasteiger partial charge in [0.2, 0.25) is 0 Å². The molecule has 0 bridgehead atoms. The van der Waals surface area contributed by atoms with Crippen LogP contribution in [-0.2, 0) is 23.1 Å². The number of rotatable bonds is 2. The van der Waals surface area contributed by atoms with E-state index >= 15 is 0 Å². The molecule has 0 fully saturated rings. The predicted octanol–water partition coefficient (Wildman–Crippen LogP) is 0.126. The highest BCUT2D eigenvalue weighted by Crippen LogP contribution is 2.27. The first-order valence-corrected chi connectivity index (χ1v) is 7.60. The molecule has 2 aromatic heterocycles. The lowest BCUT2D eigenvalue weighted by Gasteiger charge is -2.25. The first-order valence-electron chi connectivity index (χ1n) is 5.28. The van der Waals surface area contributed by atoms with E-state index in [0.717, 1.165) is 11.3 Å². The molecule has 3 rings (SSSR count). The summed E-state index contributed by atoms with van der Waals surface area (Å²) >= 11 is 1.14. The first-order chi connectivity index (χ1) is 8.57. The minimum absolute atomic E-state index is 0.250. The fourth-order valence-electron chi connectivity index (χ4n) is 1.84. The normalized spacial score (nSPS) is 16.7. The third-order valence-electron chi connectivity index (χ3n) is 2.79. The zero-order valence-electron chi connectivity index (χ0n) is 9.35. The molecule has 0 atom stereocenters. The van der Waals surface area contributed by atoms with Gasteiger partial charge in [-0.05, 0) is 6.07 Å². The summed E-state index contributed by atoms with van der Waals surface area (Å²) in [5, 5.41) is 9.30. The maximum atomic E-state index is 12.4. The van der Waals surface area contributed by atoms with Crippen LogP contribution in [0.25, 0.3) is 0 Å². The topological polar surface area (TPSA) is 94.1 Å². The second kappa shape index (κ2) is 4.04. The maximum absolute atomic E-state index is 12.4. The number of thiophene rings is 1. The van der Waals surface area contributed by atoms with Crippen molar-refractivity contribution in [2.45, 2.75) is 17.3 Å². The zero-order valence-corrected chi connectivity index (χ0v) is 11.0. The van der Waals surface area contributed by atoms with Gasteiger partial charge in [-0.15, -0.1) is 21.5 Å². The highest BCUT2D eigenvalue weighted by atomic mass is 32.2. The van der Waals surface area contributed by atoms with Gasteiger partial charge < -0.3 is 10.3 Å². The van der Waals surface area contributed by atoms with E-state index in [9.17, 15) is 8.42 Å². The van der Waals surface area contributed by atoms with Gasteiger partial charge in [0.15, 0.2) is 0 Å². The summed E-state index contributed by atoms with van der Waals surface area (Å²) in [6.07, 6.45) is 1.61. The molecule has 9 heteroatoms. The van der Waals surface area contributed by atoms with Crippen LogP contribution in [-0.4, -0.2) is 34.0 Å². The van der Waals surface area contributed by atoms with E-state index in [2.05, 4.69) is 10.2 Å². The van der Waals surface area contributed by atoms with Crippen LogP contribution >= 0.6 is 11.3 Å². The second-order valence-electron chi connectivity index (χ2n) is 3.98. The lowest BCUT2D eigenvalue weighted by atomic mass is 10.4. The molecular formula is C9H11N5O2S2. The molecule has 0 aliphatic carbocycles. The maximum Gasteiger partial charge on any atom is 0.253 e. The molecule has 0 saturated heterocycles. The van der Waals surface area contributed by atoms with Crippen LogP contribution in [0.3, 0.4) is 0 Å². The van der Waals surface area contributed by atoms with Crippen molar-refractivity contribution in [3.8, 4) is 0 Å². The number of anilines is 1. The number of hydrogen-bond donors (Lipinski definition) is 1. The van der Waals surface area contributed by atoms with Crippen molar-refractivity contribution >= 4 is 27.0 Å². The van der Waals surface area contributed by atoms with Crippen molar-refractivity contribution in [3.05, 3.63) is 23.6 Å². The minimum atomic E-state index is -3.47. The number of sulfonamides is 1. The van der Waals surface area contributed by atoms with E-state index < -0.39 is 10.0 Å². The quantitative estimate of drug-likeness (QED) is 0.846. The van der Waals surface area contributed by atoms with Crippen LogP contribution in [0.4, 0.5) is 5.69 Å². The van der Waals surface area contributed by atoms with Crippen LogP contribution in [0.5, 0.6) is 0 Å². The Morgan fingerprint density at radius 1 is 1.39 bits per heavy atom. The molecule has 0 amide bonds. The Bertz CT molecular complexity index is 675. The molecule has 1 aliphatic rings. The summed E-state index contributed by atoms with van der Waals surface area (Å²) in [4.78, 5) is 0. The van der Waals surface area contributed by atoms with Crippen LogP contribution in [0.1, 0.15) is 5.82 Å². The molecule has 1 aliphatic heterocycles. The van der Waals surface area contributed by atoms with Crippen LogP contribution < -0.4 is 5.73 Å². The zero-order chi connectivity index (χ0) is 12.8. The number of nitrogens with zero attached hydrogens (tertiary/aromatic N) is 4. The van der Waals surface area contributed by atoms with Gasteiger partial charge >= 0.3 is 0 Å². The number of hydrogen-bond acceptors (Lipinski definition) is 6. The SMILES string of the molecule is Nc1csc(S(=O)(=O)N2CCn3cnnc3C2)c1. The molecule has 2 aromatic rings. The van der Waals surface area contributed by atoms with Gasteiger partial charge in [-0.2, -0.15) is 4.31 Å². The monoisotopic (exact) mass is 285 g/mol. The molecule has 3 heterocycles. The molecule has 0 aromatic carbocycles. The number of aromatic nitrogens is 3. The average Bonchev–Trinajstić information content (AvgIpc) is 2.96. The summed E-state index contributed by atoms with van der Waals surface area (Å²) in [6, 6.07) is 1.49. The molecular weight excluding hydrogens is 274 g/mol. The molecule has 0 spiro atoms. The smallest absolute Gasteiger partial charge is 0.253 e. The van der Waals surface area contributed by atoms with E-state index in [1.807, 2.05) is 4.57 Å². The Hall–Kier alpha value is -1.45.